The van der Waals surface area contributed by atoms with Gasteiger partial charge in [0.25, 0.3) is 5.78 Å². The molecule has 1 aliphatic rings. The predicted octanol–water partition coefficient (Wildman–Crippen LogP) is 3.10. The van der Waals surface area contributed by atoms with Gasteiger partial charge in [0.2, 0.25) is 0 Å². The van der Waals surface area contributed by atoms with Gasteiger partial charge in [-0.1, -0.05) is 31.4 Å². The summed E-state index contributed by atoms with van der Waals surface area (Å²) in [6.45, 7) is 4.33. The molecule has 2 aromatic heterocycles. The van der Waals surface area contributed by atoms with Crippen LogP contribution in [-0.2, 0) is 0 Å². The molecular weight excluding hydrogens is 274 g/mol. The molecule has 0 spiro atoms. The summed E-state index contributed by atoms with van der Waals surface area (Å²) in [7, 11) is 2.13. The predicted molar refractivity (Wildman–Crippen MR) is 80.4 cm³/mol. The summed E-state index contributed by atoms with van der Waals surface area (Å²) in [6.07, 6.45) is 6.58. The minimum absolute atomic E-state index is 0.510. The maximum atomic E-state index is 6.24. The van der Waals surface area contributed by atoms with Crippen LogP contribution in [-0.4, -0.2) is 32.7 Å². The fourth-order valence-electron chi connectivity index (χ4n) is 3.22. The summed E-state index contributed by atoms with van der Waals surface area (Å²) in [4.78, 5) is 10.7. The van der Waals surface area contributed by atoms with Crippen molar-refractivity contribution in [1.29, 1.82) is 0 Å². The molecule has 5 nitrogen and oxygen atoms in total. The van der Waals surface area contributed by atoms with Crippen LogP contribution in [0.15, 0.2) is 6.33 Å². The highest BCUT2D eigenvalue weighted by Crippen LogP contribution is 2.32. The Morgan fingerprint density at radius 2 is 2.20 bits per heavy atom. The van der Waals surface area contributed by atoms with Crippen molar-refractivity contribution >= 4 is 23.2 Å². The molecule has 0 aliphatic heterocycles. The van der Waals surface area contributed by atoms with E-state index in [9.17, 15) is 0 Å². The van der Waals surface area contributed by atoms with Crippen molar-refractivity contribution in [3.8, 4) is 0 Å². The first-order valence-corrected chi connectivity index (χ1v) is 7.54. The van der Waals surface area contributed by atoms with Crippen LogP contribution in [0.1, 0.15) is 38.2 Å². The molecule has 0 N–H and O–H groups in total. The van der Waals surface area contributed by atoms with Crippen LogP contribution in [0.5, 0.6) is 0 Å². The molecule has 1 aliphatic carbocycles. The lowest BCUT2D eigenvalue weighted by Gasteiger charge is -2.36. The standard InChI is InChI=1S/C14H20ClN5/c1-9-5-4-6-11(7-9)19(3)13-10(2)12(15)18-14-16-8-17-20(13)14/h8-9,11H,4-7H2,1-3H3. The van der Waals surface area contributed by atoms with E-state index < -0.39 is 0 Å². The smallest absolute Gasteiger partial charge is 0.255 e. The third-order valence-electron chi connectivity index (χ3n) is 4.36. The highest BCUT2D eigenvalue weighted by Gasteiger charge is 2.26. The molecule has 6 heteroatoms. The molecule has 2 heterocycles. The minimum atomic E-state index is 0.510. The van der Waals surface area contributed by atoms with E-state index >= 15 is 0 Å². The van der Waals surface area contributed by atoms with Gasteiger partial charge in [-0.05, 0) is 25.7 Å². The molecule has 2 unspecified atom stereocenters. The second-order valence-electron chi connectivity index (χ2n) is 5.86. The quantitative estimate of drug-likeness (QED) is 0.798. The van der Waals surface area contributed by atoms with Crippen molar-refractivity contribution in [2.24, 2.45) is 5.92 Å². The van der Waals surface area contributed by atoms with Gasteiger partial charge in [-0.3, -0.25) is 0 Å². The Hall–Kier alpha value is -1.36. The normalized spacial score (nSPS) is 23.2. The van der Waals surface area contributed by atoms with E-state index in [4.69, 9.17) is 11.6 Å². The first kappa shape index (κ1) is 13.6. The molecule has 2 atom stereocenters. The monoisotopic (exact) mass is 293 g/mol. The van der Waals surface area contributed by atoms with Gasteiger partial charge in [0.15, 0.2) is 0 Å². The van der Waals surface area contributed by atoms with Crippen LogP contribution in [0.4, 0.5) is 5.82 Å². The largest absolute Gasteiger partial charge is 0.356 e. The Kier molecular flexibility index (Phi) is 3.54. The summed E-state index contributed by atoms with van der Waals surface area (Å²) in [5.74, 6) is 2.35. The van der Waals surface area contributed by atoms with Crippen molar-refractivity contribution in [3.63, 3.8) is 0 Å². The second kappa shape index (κ2) is 5.20. The lowest BCUT2D eigenvalue weighted by atomic mass is 9.86. The second-order valence-corrected chi connectivity index (χ2v) is 6.22. The zero-order chi connectivity index (χ0) is 14.3. The van der Waals surface area contributed by atoms with E-state index in [2.05, 4.69) is 33.9 Å². The summed E-state index contributed by atoms with van der Waals surface area (Å²) in [6, 6.07) is 0.531. The first-order valence-electron chi connectivity index (χ1n) is 7.16. The zero-order valence-corrected chi connectivity index (χ0v) is 12.9. The summed E-state index contributed by atoms with van der Waals surface area (Å²) < 4.78 is 1.79. The van der Waals surface area contributed by atoms with Gasteiger partial charge in [0.05, 0.1) is 0 Å². The fourth-order valence-corrected chi connectivity index (χ4v) is 3.38. The van der Waals surface area contributed by atoms with Crippen molar-refractivity contribution in [2.75, 3.05) is 11.9 Å². The van der Waals surface area contributed by atoms with Crippen LogP contribution >= 0.6 is 11.6 Å². The van der Waals surface area contributed by atoms with Crippen LogP contribution in [0, 0.1) is 12.8 Å². The number of nitrogens with zero attached hydrogens (tertiary/aromatic N) is 5. The molecule has 0 amide bonds. The molecule has 0 saturated heterocycles. The van der Waals surface area contributed by atoms with Crippen LogP contribution < -0.4 is 4.90 Å². The van der Waals surface area contributed by atoms with E-state index in [0.29, 0.717) is 17.0 Å². The van der Waals surface area contributed by atoms with Crippen molar-refractivity contribution in [1.82, 2.24) is 19.6 Å². The first-order chi connectivity index (χ1) is 9.58. The summed E-state index contributed by atoms with van der Waals surface area (Å²) in [5.41, 5.74) is 0.963. The SMILES string of the molecule is Cc1c(Cl)nc2ncnn2c1N(C)C1CCCC(C)C1. The molecule has 3 rings (SSSR count). The minimum Gasteiger partial charge on any atom is -0.356 e. The lowest BCUT2D eigenvalue weighted by molar-refractivity contribution is 0.334. The van der Waals surface area contributed by atoms with E-state index in [1.54, 1.807) is 4.52 Å². The van der Waals surface area contributed by atoms with Gasteiger partial charge in [-0.25, -0.2) is 0 Å². The van der Waals surface area contributed by atoms with Gasteiger partial charge >= 0.3 is 0 Å². The number of aromatic nitrogens is 4. The Bertz CT molecular complexity index is 623. The maximum Gasteiger partial charge on any atom is 0.255 e. The van der Waals surface area contributed by atoms with Crippen LogP contribution in [0.3, 0.4) is 0 Å². The Morgan fingerprint density at radius 1 is 1.40 bits per heavy atom. The molecule has 1 fully saturated rings. The molecule has 1 saturated carbocycles. The lowest BCUT2D eigenvalue weighted by Crippen LogP contribution is -2.37. The number of rotatable bonds is 2. The molecule has 2 aromatic rings. The third kappa shape index (κ3) is 2.24. The summed E-state index contributed by atoms with van der Waals surface area (Å²) >= 11 is 6.24. The fraction of sp³-hybridized carbons (Fsp3) is 0.643. The molecule has 0 radical (unpaired) electrons. The molecule has 20 heavy (non-hydrogen) atoms. The molecule has 0 aromatic carbocycles. The van der Waals surface area contributed by atoms with E-state index in [1.807, 2.05) is 6.92 Å². The number of anilines is 1. The zero-order valence-electron chi connectivity index (χ0n) is 12.2. The Labute approximate surface area is 124 Å². The van der Waals surface area contributed by atoms with Crippen molar-refractivity contribution < 1.29 is 0 Å². The topological polar surface area (TPSA) is 46.3 Å². The van der Waals surface area contributed by atoms with Gasteiger partial charge in [-0.2, -0.15) is 19.6 Å². The third-order valence-corrected chi connectivity index (χ3v) is 4.73. The van der Waals surface area contributed by atoms with Crippen LogP contribution in [0.25, 0.3) is 5.78 Å². The number of hydrogen-bond donors (Lipinski definition) is 0. The highest BCUT2D eigenvalue weighted by atomic mass is 35.5. The molecular formula is C14H20ClN5. The number of hydrogen-bond acceptors (Lipinski definition) is 4. The maximum absolute atomic E-state index is 6.24. The van der Waals surface area contributed by atoms with E-state index in [1.165, 1.54) is 32.0 Å². The average Bonchev–Trinajstić information content (AvgIpc) is 2.87. The van der Waals surface area contributed by atoms with Crippen molar-refractivity contribution in [3.05, 3.63) is 17.0 Å². The van der Waals surface area contributed by atoms with Crippen molar-refractivity contribution in [2.45, 2.75) is 45.6 Å². The van der Waals surface area contributed by atoms with E-state index in [0.717, 1.165) is 17.3 Å². The summed E-state index contributed by atoms with van der Waals surface area (Å²) in [5, 5.41) is 4.81. The number of halogens is 1. The van der Waals surface area contributed by atoms with Crippen LogP contribution in [0.2, 0.25) is 5.15 Å². The molecule has 108 valence electrons. The van der Waals surface area contributed by atoms with Gasteiger partial charge in [0.1, 0.15) is 17.3 Å². The number of fused-ring (bicyclic) bond motifs is 1. The average molecular weight is 294 g/mol. The highest BCUT2D eigenvalue weighted by molar-refractivity contribution is 6.30. The Balaban J connectivity index is 2.04. The van der Waals surface area contributed by atoms with Gasteiger partial charge in [0, 0.05) is 18.7 Å². The Morgan fingerprint density at radius 3 is 2.95 bits per heavy atom. The van der Waals surface area contributed by atoms with Gasteiger partial charge < -0.3 is 4.90 Å². The van der Waals surface area contributed by atoms with E-state index in [-0.39, 0.29) is 0 Å². The molecule has 0 bridgehead atoms. The van der Waals surface area contributed by atoms with Gasteiger partial charge in [-0.15, -0.1) is 0 Å².